The van der Waals surface area contributed by atoms with Gasteiger partial charge in [-0.05, 0) is 42.1 Å². The molecule has 0 amide bonds. The van der Waals surface area contributed by atoms with E-state index in [1.165, 1.54) is 30.8 Å². The van der Waals surface area contributed by atoms with Gasteiger partial charge in [0, 0.05) is 17.1 Å². The summed E-state index contributed by atoms with van der Waals surface area (Å²) in [6.07, 6.45) is 1.68. The van der Waals surface area contributed by atoms with E-state index in [0.717, 1.165) is 23.1 Å². The number of carbonyl (C=O) groups excluding carboxylic acids is 3. The van der Waals surface area contributed by atoms with Gasteiger partial charge in [-0.1, -0.05) is 24.3 Å². The molecule has 0 aliphatic carbocycles. The standard InChI is InChI=1S/C24H18FNO5/c1-13-12-26-20(17-7-5-4-6-16(13)17)18(22(27)14-8-10-15(25)11-9-14)19(23(28)30-2)21(26)24(29)31-3/h4-12H,1-3H3. The predicted octanol–water partition coefficient (Wildman–Crippen LogP) is 4.34. The highest BCUT2D eigenvalue weighted by Gasteiger charge is 2.34. The number of aryl methyl sites for hydroxylation is 1. The molecule has 0 radical (unpaired) electrons. The average Bonchev–Trinajstić information content (AvgIpc) is 3.13. The van der Waals surface area contributed by atoms with Crippen molar-refractivity contribution in [1.29, 1.82) is 0 Å². The van der Waals surface area contributed by atoms with Crippen LogP contribution < -0.4 is 0 Å². The van der Waals surface area contributed by atoms with Gasteiger partial charge in [-0.3, -0.25) is 4.79 Å². The molecule has 156 valence electrons. The molecule has 2 heterocycles. The summed E-state index contributed by atoms with van der Waals surface area (Å²) in [7, 11) is 2.36. The lowest BCUT2D eigenvalue weighted by Crippen LogP contribution is -2.15. The number of hydrogen-bond donors (Lipinski definition) is 0. The third-order valence-electron chi connectivity index (χ3n) is 5.24. The van der Waals surface area contributed by atoms with Crippen molar-refractivity contribution in [3.8, 4) is 0 Å². The minimum absolute atomic E-state index is 0.00458. The first-order valence-electron chi connectivity index (χ1n) is 9.42. The van der Waals surface area contributed by atoms with Gasteiger partial charge in [-0.25, -0.2) is 14.0 Å². The van der Waals surface area contributed by atoms with Crippen LogP contribution >= 0.6 is 0 Å². The number of carbonyl (C=O) groups is 3. The molecule has 31 heavy (non-hydrogen) atoms. The van der Waals surface area contributed by atoms with Crippen molar-refractivity contribution < 1.29 is 28.2 Å². The summed E-state index contributed by atoms with van der Waals surface area (Å²) in [6, 6.07) is 12.3. The van der Waals surface area contributed by atoms with Crippen LogP contribution in [0.5, 0.6) is 0 Å². The molecule has 2 aromatic carbocycles. The molecule has 0 aliphatic rings. The summed E-state index contributed by atoms with van der Waals surface area (Å²) in [5.41, 5.74) is 1.06. The Hall–Kier alpha value is -4.00. The Morgan fingerprint density at radius 2 is 1.45 bits per heavy atom. The molecule has 0 aliphatic heterocycles. The summed E-state index contributed by atoms with van der Waals surface area (Å²) in [5, 5.41) is 1.53. The van der Waals surface area contributed by atoms with Crippen molar-refractivity contribution in [2.75, 3.05) is 14.2 Å². The van der Waals surface area contributed by atoms with Gasteiger partial charge in [-0.15, -0.1) is 0 Å². The molecule has 4 rings (SSSR count). The van der Waals surface area contributed by atoms with E-state index in [1.54, 1.807) is 18.3 Å². The number of esters is 2. The van der Waals surface area contributed by atoms with E-state index in [1.807, 2.05) is 19.1 Å². The molecule has 7 heteroatoms. The quantitative estimate of drug-likeness (QED) is 0.363. The number of hydrogen-bond acceptors (Lipinski definition) is 5. The van der Waals surface area contributed by atoms with Gasteiger partial charge < -0.3 is 13.9 Å². The number of rotatable bonds is 4. The van der Waals surface area contributed by atoms with Gasteiger partial charge >= 0.3 is 11.9 Å². The Morgan fingerprint density at radius 1 is 0.839 bits per heavy atom. The van der Waals surface area contributed by atoms with E-state index in [4.69, 9.17) is 9.47 Å². The third kappa shape index (κ3) is 3.15. The van der Waals surface area contributed by atoms with Crippen LogP contribution in [0.2, 0.25) is 0 Å². The second kappa shape index (κ2) is 7.68. The van der Waals surface area contributed by atoms with Crippen molar-refractivity contribution in [2.24, 2.45) is 0 Å². The van der Waals surface area contributed by atoms with Crippen molar-refractivity contribution in [1.82, 2.24) is 4.40 Å². The lowest BCUT2D eigenvalue weighted by atomic mass is 9.97. The van der Waals surface area contributed by atoms with Crippen molar-refractivity contribution in [3.63, 3.8) is 0 Å². The third-order valence-corrected chi connectivity index (χ3v) is 5.24. The molecule has 0 unspecified atom stereocenters. The van der Waals surface area contributed by atoms with Crippen LogP contribution in [0, 0.1) is 12.7 Å². The fraction of sp³-hybridized carbons (Fsp3) is 0.125. The van der Waals surface area contributed by atoms with Gasteiger partial charge in [0.05, 0.1) is 25.3 Å². The van der Waals surface area contributed by atoms with Crippen LogP contribution in [-0.2, 0) is 9.47 Å². The molecule has 0 atom stereocenters. The summed E-state index contributed by atoms with van der Waals surface area (Å²) in [4.78, 5) is 39.1. The molecule has 4 aromatic rings. The van der Waals surface area contributed by atoms with E-state index < -0.39 is 23.5 Å². The van der Waals surface area contributed by atoms with Crippen LogP contribution in [-0.4, -0.2) is 36.3 Å². The van der Waals surface area contributed by atoms with Gasteiger partial charge in [-0.2, -0.15) is 0 Å². The molecule has 0 N–H and O–H groups in total. The van der Waals surface area contributed by atoms with Crippen molar-refractivity contribution in [3.05, 3.63) is 88.5 Å². The topological polar surface area (TPSA) is 74.1 Å². The van der Waals surface area contributed by atoms with Crippen LogP contribution in [0.15, 0.2) is 54.7 Å². The zero-order valence-electron chi connectivity index (χ0n) is 17.1. The Kier molecular flexibility index (Phi) is 5.02. The molecule has 2 aromatic heterocycles. The van der Waals surface area contributed by atoms with Gasteiger partial charge in [0.15, 0.2) is 5.78 Å². The Labute approximate surface area is 176 Å². The number of benzene rings is 2. The first kappa shape index (κ1) is 20.3. The Morgan fingerprint density at radius 3 is 2.06 bits per heavy atom. The maximum Gasteiger partial charge on any atom is 0.355 e. The van der Waals surface area contributed by atoms with Crippen molar-refractivity contribution in [2.45, 2.75) is 6.92 Å². The first-order chi connectivity index (χ1) is 14.9. The van der Waals surface area contributed by atoms with Gasteiger partial charge in [0.2, 0.25) is 0 Å². The monoisotopic (exact) mass is 419 g/mol. The van der Waals surface area contributed by atoms with Crippen molar-refractivity contribution >= 4 is 34.0 Å². The SMILES string of the molecule is COC(=O)c1c(C(=O)c2ccc(F)cc2)c2c3ccccc3c(C)cn2c1C(=O)OC. The minimum atomic E-state index is -0.851. The number of ether oxygens (including phenoxy) is 2. The fourth-order valence-corrected chi connectivity index (χ4v) is 3.84. The molecule has 0 fully saturated rings. The predicted molar refractivity (Wildman–Crippen MR) is 112 cm³/mol. The van der Waals surface area contributed by atoms with E-state index in [2.05, 4.69) is 0 Å². The number of aromatic nitrogens is 1. The summed E-state index contributed by atoms with van der Waals surface area (Å²) in [6.45, 7) is 1.86. The van der Waals surface area contributed by atoms with Crippen LogP contribution in [0.1, 0.15) is 42.3 Å². The maximum atomic E-state index is 13.6. The van der Waals surface area contributed by atoms with Crippen LogP contribution in [0.25, 0.3) is 16.3 Å². The number of nitrogens with zero attached hydrogens (tertiary/aromatic N) is 1. The van der Waals surface area contributed by atoms with Crippen LogP contribution in [0.4, 0.5) is 4.39 Å². The second-order valence-electron chi connectivity index (χ2n) is 6.99. The first-order valence-corrected chi connectivity index (χ1v) is 9.42. The zero-order chi connectivity index (χ0) is 22.3. The average molecular weight is 419 g/mol. The molecule has 0 saturated heterocycles. The smallest absolute Gasteiger partial charge is 0.355 e. The number of methoxy groups -OCH3 is 2. The molecular formula is C24H18FNO5. The Bertz CT molecular complexity index is 1370. The van der Waals surface area contributed by atoms with E-state index in [-0.39, 0.29) is 22.4 Å². The minimum Gasteiger partial charge on any atom is -0.465 e. The maximum absolute atomic E-state index is 13.6. The molecule has 0 bridgehead atoms. The molecular weight excluding hydrogens is 401 g/mol. The highest BCUT2D eigenvalue weighted by Crippen LogP contribution is 2.34. The Balaban J connectivity index is 2.22. The summed E-state index contributed by atoms with van der Waals surface area (Å²) >= 11 is 0. The van der Waals surface area contributed by atoms with Gasteiger partial charge in [0.1, 0.15) is 17.1 Å². The highest BCUT2D eigenvalue weighted by atomic mass is 19.1. The fourth-order valence-electron chi connectivity index (χ4n) is 3.84. The number of ketones is 1. The van der Waals surface area contributed by atoms with Crippen LogP contribution in [0.3, 0.4) is 0 Å². The lowest BCUT2D eigenvalue weighted by Gasteiger charge is -2.09. The molecule has 6 nitrogen and oxygen atoms in total. The highest BCUT2D eigenvalue weighted by molar-refractivity contribution is 6.25. The van der Waals surface area contributed by atoms with Gasteiger partial charge in [0.25, 0.3) is 0 Å². The zero-order valence-corrected chi connectivity index (χ0v) is 17.1. The number of halogens is 1. The normalized spacial score (nSPS) is 11.0. The second-order valence-corrected chi connectivity index (χ2v) is 6.99. The van der Waals surface area contributed by atoms with E-state index in [9.17, 15) is 18.8 Å². The largest absolute Gasteiger partial charge is 0.465 e. The summed E-state index contributed by atoms with van der Waals surface area (Å²) < 4.78 is 24.8. The molecule has 0 spiro atoms. The molecule has 0 saturated carbocycles. The van der Waals surface area contributed by atoms with E-state index >= 15 is 0 Å². The van der Waals surface area contributed by atoms with E-state index in [0.29, 0.717) is 10.9 Å². The summed E-state index contributed by atoms with van der Waals surface area (Å²) in [5.74, 6) is -2.68. The number of pyridine rings is 1. The number of fused-ring (bicyclic) bond motifs is 3. The lowest BCUT2D eigenvalue weighted by molar-refractivity contribution is 0.0549.